The second kappa shape index (κ2) is 4.77. The summed E-state index contributed by atoms with van der Waals surface area (Å²) in [4.78, 5) is 0. The highest BCUT2D eigenvalue weighted by Crippen LogP contribution is 2.42. The molecule has 2 N–H and O–H groups in total. The molecule has 0 fully saturated rings. The van der Waals surface area contributed by atoms with E-state index >= 15 is 0 Å². The van der Waals surface area contributed by atoms with Crippen LogP contribution in [0.2, 0.25) is 15.1 Å². The average Bonchev–Trinajstić information content (AvgIpc) is 2.23. The summed E-state index contributed by atoms with van der Waals surface area (Å²) >= 11 is 17.4. The Bertz CT molecular complexity index is 364. The molecule has 15 heavy (non-hydrogen) atoms. The molecule has 1 aromatic carbocycles. The van der Waals surface area contributed by atoms with Gasteiger partial charge in [-0.15, -0.1) is 0 Å². The molecule has 0 heterocycles. The number of anilines is 1. The molecular weight excluding hydrogens is 259 g/mol. The first-order valence-corrected chi connectivity index (χ1v) is 5.66. The van der Waals surface area contributed by atoms with E-state index in [0.29, 0.717) is 5.56 Å². The molecule has 0 spiro atoms. The van der Waals surface area contributed by atoms with Gasteiger partial charge in [0.05, 0.1) is 15.7 Å². The van der Waals surface area contributed by atoms with Crippen molar-refractivity contribution in [2.75, 3.05) is 5.73 Å². The SMILES string of the molecule is CCC(C)c1c(N)c(Cl)c(F)c(Cl)c1Cl. The van der Waals surface area contributed by atoms with Crippen LogP contribution in [0.1, 0.15) is 31.7 Å². The van der Waals surface area contributed by atoms with E-state index in [0.717, 1.165) is 6.42 Å². The molecule has 1 atom stereocenters. The Morgan fingerprint density at radius 3 is 2.20 bits per heavy atom. The van der Waals surface area contributed by atoms with Crippen molar-refractivity contribution in [1.29, 1.82) is 0 Å². The first kappa shape index (κ1) is 12.9. The van der Waals surface area contributed by atoms with Crippen LogP contribution in [0.25, 0.3) is 0 Å². The molecule has 1 aromatic rings. The molecule has 0 radical (unpaired) electrons. The Labute approximate surface area is 103 Å². The van der Waals surface area contributed by atoms with Gasteiger partial charge in [0.1, 0.15) is 5.02 Å². The van der Waals surface area contributed by atoms with Crippen LogP contribution >= 0.6 is 34.8 Å². The molecule has 0 amide bonds. The highest BCUT2D eigenvalue weighted by Gasteiger charge is 2.22. The fourth-order valence-corrected chi connectivity index (χ4v) is 2.16. The predicted octanol–water partition coefficient (Wildman–Crippen LogP) is 4.88. The summed E-state index contributed by atoms with van der Waals surface area (Å²) in [5.41, 5.74) is 6.51. The van der Waals surface area contributed by atoms with Crippen molar-refractivity contribution in [3.63, 3.8) is 0 Å². The summed E-state index contributed by atoms with van der Waals surface area (Å²) in [5, 5.41) is -0.156. The molecule has 0 aliphatic rings. The minimum absolute atomic E-state index is 0.0908. The van der Waals surface area contributed by atoms with Crippen molar-refractivity contribution in [3.05, 3.63) is 26.4 Å². The molecular formula is C10H11Cl3FN. The number of hydrogen-bond donors (Lipinski definition) is 1. The van der Waals surface area contributed by atoms with Crippen LogP contribution in [0.15, 0.2) is 0 Å². The van der Waals surface area contributed by atoms with Gasteiger partial charge in [0.25, 0.3) is 0 Å². The maximum absolute atomic E-state index is 13.4. The van der Waals surface area contributed by atoms with E-state index < -0.39 is 5.82 Å². The minimum Gasteiger partial charge on any atom is -0.397 e. The number of nitrogen functional groups attached to an aromatic ring is 1. The van der Waals surface area contributed by atoms with Crippen molar-refractivity contribution < 1.29 is 4.39 Å². The fourth-order valence-electron chi connectivity index (χ4n) is 1.35. The third-order valence-corrected chi connectivity index (χ3v) is 3.66. The lowest BCUT2D eigenvalue weighted by atomic mass is 9.96. The highest BCUT2D eigenvalue weighted by atomic mass is 35.5. The number of rotatable bonds is 2. The van der Waals surface area contributed by atoms with Gasteiger partial charge in [0, 0.05) is 0 Å². The Morgan fingerprint density at radius 2 is 1.73 bits per heavy atom. The monoisotopic (exact) mass is 269 g/mol. The van der Waals surface area contributed by atoms with Crippen molar-refractivity contribution in [2.45, 2.75) is 26.2 Å². The lowest BCUT2D eigenvalue weighted by Crippen LogP contribution is -2.03. The fraction of sp³-hybridized carbons (Fsp3) is 0.400. The standard InChI is InChI=1S/C10H11Cl3FN/c1-3-4(2)5-6(11)7(12)9(14)8(13)10(5)15/h4H,3,15H2,1-2H3. The Kier molecular flexibility index (Phi) is 4.10. The van der Waals surface area contributed by atoms with Gasteiger partial charge in [-0.05, 0) is 17.9 Å². The number of halogens is 4. The summed E-state index contributed by atoms with van der Waals surface area (Å²) in [7, 11) is 0. The minimum atomic E-state index is -0.757. The third-order valence-electron chi connectivity index (χ3n) is 2.45. The summed E-state index contributed by atoms with van der Waals surface area (Å²) in [6, 6.07) is 0. The zero-order chi connectivity index (χ0) is 11.7. The molecule has 1 unspecified atom stereocenters. The van der Waals surface area contributed by atoms with Crippen LogP contribution in [0.3, 0.4) is 0 Å². The summed E-state index contributed by atoms with van der Waals surface area (Å²) in [6.45, 7) is 3.91. The van der Waals surface area contributed by atoms with Gasteiger partial charge in [-0.1, -0.05) is 48.7 Å². The Morgan fingerprint density at radius 1 is 1.20 bits per heavy atom. The maximum atomic E-state index is 13.4. The van der Waals surface area contributed by atoms with Gasteiger partial charge in [0.2, 0.25) is 0 Å². The van der Waals surface area contributed by atoms with E-state index in [1.54, 1.807) is 0 Å². The van der Waals surface area contributed by atoms with E-state index in [2.05, 4.69) is 0 Å². The summed E-state index contributed by atoms with van der Waals surface area (Å²) < 4.78 is 13.4. The zero-order valence-corrected chi connectivity index (χ0v) is 10.6. The van der Waals surface area contributed by atoms with Crippen LogP contribution in [0.4, 0.5) is 10.1 Å². The van der Waals surface area contributed by atoms with Gasteiger partial charge in [-0.3, -0.25) is 0 Å². The predicted molar refractivity (Wildman–Crippen MR) is 64.5 cm³/mol. The lowest BCUT2D eigenvalue weighted by molar-refractivity contribution is 0.627. The average molecular weight is 271 g/mol. The molecule has 0 saturated carbocycles. The van der Waals surface area contributed by atoms with Crippen LogP contribution in [-0.2, 0) is 0 Å². The van der Waals surface area contributed by atoms with E-state index in [1.807, 2.05) is 13.8 Å². The molecule has 1 nitrogen and oxygen atoms in total. The van der Waals surface area contributed by atoms with Gasteiger partial charge >= 0.3 is 0 Å². The van der Waals surface area contributed by atoms with Crippen molar-refractivity contribution in [1.82, 2.24) is 0 Å². The molecule has 0 aromatic heterocycles. The molecule has 0 aliphatic carbocycles. The number of benzene rings is 1. The Balaban J connectivity index is 3.52. The maximum Gasteiger partial charge on any atom is 0.164 e. The largest absolute Gasteiger partial charge is 0.397 e. The van der Waals surface area contributed by atoms with E-state index in [4.69, 9.17) is 40.5 Å². The van der Waals surface area contributed by atoms with Crippen LogP contribution in [0, 0.1) is 5.82 Å². The number of hydrogen-bond acceptors (Lipinski definition) is 1. The lowest BCUT2D eigenvalue weighted by Gasteiger charge is -2.17. The topological polar surface area (TPSA) is 26.0 Å². The smallest absolute Gasteiger partial charge is 0.164 e. The molecule has 0 aliphatic heterocycles. The second-order valence-corrected chi connectivity index (χ2v) is 4.53. The molecule has 1 rings (SSSR count). The van der Waals surface area contributed by atoms with Crippen LogP contribution in [0.5, 0.6) is 0 Å². The van der Waals surface area contributed by atoms with Gasteiger partial charge in [-0.25, -0.2) is 4.39 Å². The van der Waals surface area contributed by atoms with E-state index in [-0.39, 0.29) is 26.7 Å². The van der Waals surface area contributed by atoms with Crippen molar-refractivity contribution in [3.8, 4) is 0 Å². The first-order valence-electron chi connectivity index (χ1n) is 4.53. The third kappa shape index (κ3) is 2.17. The van der Waals surface area contributed by atoms with Crippen molar-refractivity contribution in [2.24, 2.45) is 0 Å². The summed E-state index contributed by atoms with van der Waals surface area (Å²) in [5.74, 6) is -0.666. The normalized spacial score (nSPS) is 12.9. The molecule has 0 saturated heterocycles. The highest BCUT2D eigenvalue weighted by molar-refractivity contribution is 6.44. The van der Waals surface area contributed by atoms with E-state index in [1.165, 1.54) is 0 Å². The first-order chi connectivity index (χ1) is 6.91. The van der Waals surface area contributed by atoms with Gasteiger partial charge in [0.15, 0.2) is 5.82 Å². The number of nitrogens with two attached hydrogens (primary N) is 1. The zero-order valence-electron chi connectivity index (χ0n) is 8.37. The van der Waals surface area contributed by atoms with Crippen LogP contribution < -0.4 is 5.73 Å². The van der Waals surface area contributed by atoms with Crippen LogP contribution in [-0.4, -0.2) is 0 Å². The summed E-state index contributed by atoms with van der Waals surface area (Å²) in [6.07, 6.45) is 0.822. The second-order valence-electron chi connectivity index (χ2n) is 3.39. The van der Waals surface area contributed by atoms with Gasteiger partial charge < -0.3 is 5.73 Å². The molecule has 5 heteroatoms. The van der Waals surface area contributed by atoms with Crippen molar-refractivity contribution >= 4 is 40.5 Å². The van der Waals surface area contributed by atoms with Gasteiger partial charge in [-0.2, -0.15) is 0 Å². The van der Waals surface area contributed by atoms with E-state index in [9.17, 15) is 4.39 Å². The molecule has 0 bridgehead atoms. The molecule has 84 valence electrons. The Hall–Kier alpha value is -0.180. The quantitative estimate of drug-likeness (QED) is 0.462.